The van der Waals surface area contributed by atoms with Crippen LogP contribution in [-0.2, 0) is 11.3 Å². The molecule has 2 amide bonds. The molecule has 0 N–H and O–H groups in total. The van der Waals surface area contributed by atoms with E-state index in [9.17, 15) is 9.59 Å². The lowest BCUT2D eigenvalue weighted by atomic mass is 10.1. The molecule has 36 heavy (non-hydrogen) atoms. The standard InChI is InChI=1S/C27H23Cl2NO5S/c1-17-3-7-20(8-4-17)34-11-12-35-23-10-6-18(14-24(23)33-2)15-25-26(31)30(27(32)36-25)16-19-5-9-21(28)22(29)13-19/h3-10,13-15H,11-12,16H2,1-2H3/b25-15-. The number of imide groups is 1. The third-order valence-corrected chi connectivity index (χ3v) is 6.96. The van der Waals surface area contributed by atoms with Crippen LogP contribution in [0.3, 0.4) is 0 Å². The largest absolute Gasteiger partial charge is 0.493 e. The topological polar surface area (TPSA) is 65.1 Å². The van der Waals surface area contributed by atoms with Gasteiger partial charge in [0.2, 0.25) is 0 Å². The van der Waals surface area contributed by atoms with Gasteiger partial charge in [-0.15, -0.1) is 0 Å². The third kappa shape index (κ3) is 6.35. The Labute approximate surface area is 223 Å². The van der Waals surface area contributed by atoms with Gasteiger partial charge in [-0.1, -0.05) is 53.0 Å². The van der Waals surface area contributed by atoms with Gasteiger partial charge in [-0.25, -0.2) is 0 Å². The first kappa shape index (κ1) is 25.9. The second-order valence-corrected chi connectivity index (χ2v) is 9.74. The molecule has 0 bridgehead atoms. The Morgan fingerprint density at radius 2 is 1.64 bits per heavy atom. The highest BCUT2D eigenvalue weighted by atomic mass is 35.5. The smallest absolute Gasteiger partial charge is 0.293 e. The summed E-state index contributed by atoms with van der Waals surface area (Å²) in [6, 6.07) is 18.1. The number of thioether (sulfide) groups is 1. The Morgan fingerprint density at radius 3 is 2.36 bits per heavy atom. The predicted molar refractivity (Wildman–Crippen MR) is 143 cm³/mol. The summed E-state index contributed by atoms with van der Waals surface area (Å²) in [6.45, 7) is 2.84. The molecule has 0 unspecified atom stereocenters. The molecule has 4 rings (SSSR count). The predicted octanol–water partition coefficient (Wildman–Crippen LogP) is 7.00. The number of carbonyl (C=O) groups excluding carboxylic acids is 2. The van der Waals surface area contributed by atoms with Crippen LogP contribution in [0.15, 0.2) is 65.6 Å². The minimum absolute atomic E-state index is 0.111. The van der Waals surface area contributed by atoms with E-state index in [4.69, 9.17) is 37.4 Å². The van der Waals surface area contributed by atoms with Crippen molar-refractivity contribution in [2.75, 3.05) is 20.3 Å². The van der Waals surface area contributed by atoms with E-state index in [2.05, 4.69) is 0 Å². The van der Waals surface area contributed by atoms with Crippen LogP contribution in [0.25, 0.3) is 6.08 Å². The van der Waals surface area contributed by atoms with Crippen LogP contribution >= 0.6 is 35.0 Å². The molecule has 0 aromatic heterocycles. The third-order valence-electron chi connectivity index (χ3n) is 5.31. The van der Waals surface area contributed by atoms with E-state index in [1.807, 2.05) is 31.2 Å². The minimum Gasteiger partial charge on any atom is -0.493 e. The Balaban J connectivity index is 1.39. The summed E-state index contributed by atoms with van der Waals surface area (Å²) in [6.07, 6.45) is 1.66. The van der Waals surface area contributed by atoms with Gasteiger partial charge in [0.1, 0.15) is 19.0 Å². The molecule has 3 aromatic rings. The van der Waals surface area contributed by atoms with Crippen LogP contribution in [0.4, 0.5) is 4.79 Å². The second-order valence-electron chi connectivity index (χ2n) is 7.94. The molecule has 1 fully saturated rings. The number of nitrogens with zero attached hydrogens (tertiary/aromatic N) is 1. The normalized spacial score (nSPS) is 14.4. The summed E-state index contributed by atoms with van der Waals surface area (Å²) in [5.41, 5.74) is 2.58. The number of amides is 2. The van der Waals surface area contributed by atoms with Crippen molar-refractivity contribution in [1.29, 1.82) is 0 Å². The van der Waals surface area contributed by atoms with Gasteiger partial charge in [0, 0.05) is 0 Å². The summed E-state index contributed by atoms with van der Waals surface area (Å²) in [5.74, 6) is 1.47. The molecule has 1 aliphatic heterocycles. The fourth-order valence-electron chi connectivity index (χ4n) is 3.45. The quantitative estimate of drug-likeness (QED) is 0.213. The molecule has 6 nitrogen and oxygen atoms in total. The lowest BCUT2D eigenvalue weighted by Crippen LogP contribution is -2.27. The van der Waals surface area contributed by atoms with E-state index >= 15 is 0 Å². The number of aryl methyl sites for hydroxylation is 1. The Bertz CT molecular complexity index is 1310. The van der Waals surface area contributed by atoms with Gasteiger partial charge in [-0.2, -0.15) is 0 Å². The highest BCUT2D eigenvalue weighted by Gasteiger charge is 2.35. The molecule has 0 aliphatic carbocycles. The average Bonchev–Trinajstić information content (AvgIpc) is 3.13. The number of hydrogen-bond acceptors (Lipinski definition) is 6. The summed E-state index contributed by atoms with van der Waals surface area (Å²) in [7, 11) is 1.54. The zero-order valence-electron chi connectivity index (χ0n) is 19.6. The summed E-state index contributed by atoms with van der Waals surface area (Å²) in [4.78, 5) is 26.9. The lowest BCUT2D eigenvalue weighted by Gasteiger charge is -2.13. The van der Waals surface area contributed by atoms with E-state index in [0.29, 0.717) is 50.8 Å². The van der Waals surface area contributed by atoms with Crippen molar-refractivity contribution in [2.24, 2.45) is 0 Å². The zero-order chi connectivity index (χ0) is 25.7. The van der Waals surface area contributed by atoms with Crippen molar-refractivity contribution < 1.29 is 23.8 Å². The van der Waals surface area contributed by atoms with Crippen LogP contribution in [0.5, 0.6) is 17.2 Å². The molecular formula is C27H23Cl2NO5S. The van der Waals surface area contributed by atoms with Crippen molar-refractivity contribution in [3.05, 3.63) is 92.3 Å². The number of benzene rings is 3. The van der Waals surface area contributed by atoms with Gasteiger partial charge in [0.15, 0.2) is 11.5 Å². The number of methoxy groups -OCH3 is 1. The molecule has 0 spiro atoms. The van der Waals surface area contributed by atoms with Crippen molar-refractivity contribution in [3.63, 3.8) is 0 Å². The van der Waals surface area contributed by atoms with Crippen molar-refractivity contribution in [3.8, 4) is 17.2 Å². The van der Waals surface area contributed by atoms with Crippen molar-refractivity contribution in [1.82, 2.24) is 4.90 Å². The van der Waals surface area contributed by atoms with Crippen LogP contribution in [0.2, 0.25) is 10.0 Å². The van der Waals surface area contributed by atoms with Gasteiger partial charge in [-0.05, 0) is 72.3 Å². The second kappa shape index (κ2) is 11.7. The summed E-state index contributed by atoms with van der Waals surface area (Å²) < 4.78 is 17.0. The number of ether oxygens (including phenoxy) is 3. The average molecular weight is 544 g/mol. The zero-order valence-corrected chi connectivity index (χ0v) is 22.0. The first-order chi connectivity index (χ1) is 17.3. The first-order valence-electron chi connectivity index (χ1n) is 11.0. The Kier molecular flexibility index (Phi) is 8.46. The molecule has 3 aromatic carbocycles. The first-order valence-corrected chi connectivity index (χ1v) is 12.6. The molecule has 1 aliphatic rings. The van der Waals surface area contributed by atoms with E-state index < -0.39 is 0 Å². The fourth-order valence-corrected chi connectivity index (χ4v) is 4.61. The highest BCUT2D eigenvalue weighted by Crippen LogP contribution is 2.36. The van der Waals surface area contributed by atoms with Crippen LogP contribution in [0, 0.1) is 6.92 Å². The maximum absolute atomic E-state index is 12.9. The van der Waals surface area contributed by atoms with E-state index in [0.717, 1.165) is 17.5 Å². The van der Waals surface area contributed by atoms with Crippen molar-refractivity contribution in [2.45, 2.75) is 13.5 Å². The fraction of sp³-hybridized carbons (Fsp3) is 0.185. The van der Waals surface area contributed by atoms with Gasteiger partial charge in [0.25, 0.3) is 11.1 Å². The van der Waals surface area contributed by atoms with E-state index in [-0.39, 0.29) is 17.7 Å². The maximum atomic E-state index is 12.9. The molecular weight excluding hydrogens is 521 g/mol. The van der Waals surface area contributed by atoms with Gasteiger partial charge in [0.05, 0.1) is 28.6 Å². The summed E-state index contributed by atoms with van der Waals surface area (Å²) >= 11 is 12.9. The summed E-state index contributed by atoms with van der Waals surface area (Å²) in [5, 5.41) is 0.431. The number of halogens is 2. The SMILES string of the molecule is COc1cc(/C=C2\SC(=O)N(Cc3ccc(Cl)c(Cl)c3)C2=O)ccc1OCCOc1ccc(C)cc1. The van der Waals surface area contributed by atoms with E-state index in [1.54, 1.807) is 49.6 Å². The number of hydrogen-bond donors (Lipinski definition) is 0. The number of carbonyl (C=O) groups is 2. The molecule has 1 saturated heterocycles. The van der Waals surface area contributed by atoms with Gasteiger partial charge in [-0.3, -0.25) is 14.5 Å². The van der Waals surface area contributed by atoms with Crippen LogP contribution in [-0.4, -0.2) is 36.4 Å². The molecule has 186 valence electrons. The van der Waals surface area contributed by atoms with E-state index in [1.165, 1.54) is 10.5 Å². The Morgan fingerprint density at radius 1 is 0.889 bits per heavy atom. The van der Waals surface area contributed by atoms with Crippen molar-refractivity contribution >= 4 is 52.2 Å². The molecule has 1 heterocycles. The van der Waals surface area contributed by atoms with Gasteiger partial charge < -0.3 is 14.2 Å². The monoisotopic (exact) mass is 543 g/mol. The van der Waals surface area contributed by atoms with Gasteiger partial charge >= 0.3 is 0 Å². The number of rotatable bonds is 9. The Hall–Kier alpha value is -3.13. The maximum Gasteiger partial charge on any atom is 0.293 e. The molecule has 0 atom stereocenters. The molecule has 0 radical (unpaired) electrons. The lowest BCUT2D eigenvalue weighted by molar-refractivity contribution is -0.123. The van der Waals surface area contributed by atoms with Crippen LogP contribution < -0.4 is 14.2 Å². The molecule has 9 heteroatoms. The van der Waals surface area contributed by atoms with Crippen LogP contribution in [0.1, 0.15) is 16.7 Å². The highest BCUT2D eigenvalue weighted by molar-refractivity contribution is 8.18. The minimum atomic E-state index is -0.372. The molecule has 0 saturated carbocycles.